The molecule has 0 aliphatic carbocycles. The second-order valence-corrected chi connectivity index (χ2v) is 6.14. The number of aromatic nitrogens is 1. The molecule has 0 aliphatic rings. The van der Waals surface area contributed by atoms with Crippen molar-refractivity contribution in [1.82, 2.24) is 10.3 Å². The Balaban J connectivity index is 2.73. The molecule has 0 amide bonds. The van der Waals surface area contributed by atoms with E-state index in [2.05, 4.69) is 38.0 Å². The number of aliphatic hydroxyl groups excluding tert-OH is 1. The first-order chi connectivity index (χ1) is 9.38. The molecule has 0 unspecified atom stereocenters. The molecule has 0 fully saturated rings. The Morgan fingerprint density at radius 3 is 2.30 bits per heavy atom. The highest BCUT2D eigenvalue weighted by atomic mass is 16.3. The van der Waals surface area contributed by atoms with Crippen LogP contribution >= 0.6 is 0 Å². The van der Waals surface area contributed by atoms with Gasteiger partial charge in [0.05, 0.1) is 12.3 Å². The molecule has 1 aromatic rings. The summed E-state index contributed by atoms with van der Waals surface area (Å²) in [4.78, 5) is 4.07. The van der Waals surface area contributed by atoms with Crippen LogP contribution in [0.15, 0.2) is 6.20 Å². The highest BCUT2D eigenvalue weighted by Gasteiger charge is 2.18. The van der Waals surface area contributed by atoms with E-state index in [0.717, 1.165) is 12.1 Å². The average Bonchev–Trinajstić information content (AvgIpc) is 2.38. The lowest BCUT2D eigenvalue weighted by Crippen LogP contribution is -2.29. The molecule has 4 heteroatoms. The van der Waals surface area contributed by atoms with Crippen molar-refractivity contribution in [1.29, 1.82) is 0 Å². The SMILES string of the molecule is Cc1ncc(CO)c(CNCC(C(C)C)C(C)C)c1O. The van der Waals surface area contributed by atoms with E-state index >= 15 is 0 Å². The fourth-order valence-corrected chi connectivity index (χ4v) is 2.62. The van der Waals surface area contributed by atoms with Gasteiger partial charge in [-0.25, -0.2) is 0 Å². The molecule has 0 aromatic carbocycles. The van der Waals surface area contributed by atoms with E-state index in [-0.39, 0.29) is 12.4 Å². The zero-order chi connectivity index (χ0) is 15.3. The van der Waals surface area contributed by atoms with Gasteiger partial charge >= 0.3 is 0 Å². The Morgan fingerprint density at radius 1 is 1.20 bits per heavy atom. The number of hydrogen-bond donors (Lipinski definition) is 3. The summed E-state index contributed by atoms with van der Waals surface area (Å²) in [6.07, 6.45) is 1.63. The molecule has 3 N–H and O–H groups in total. The van der Waals surface area contributed by atoms with Crippen molar-refractivity contribution >= 4 is 0 Å². The smallest absolute Gasteiger partial charge is 0.141 e. The minimum absolute atomic E-state index is 0.102. The maximum Gasteiger partial charge on any atom is 0.141 e. The van der Waals surface area contributed by atoms with Gasteiger partial charge in [-0.2, -0.15) is 0 Å². The van der Waals surface area contributed by atoms with Crippen LogP contribution in [0.2, 0.25) is 0 Å². The van der Waals surface area contributed by atoms with Gasteiger partial charge in [-0.3, -0.25) is 4.98 Å². The molecular weight excluding hydrogens is 252 g/mol. The van der Waals surface area contributed by atoms with Crippen LogP contribution in [0.3, 0.4) is 0 Å². The molecule has 1 heterocycles. The molecule has 0 spiro atoms. The third kappa shape index (κ3) is 4.18. The van der Waals surface area contributed by atoms with E-state index in [9.17, 15) is 10.2 Å². The second-order valence-electron chi connectivity index (χ2n) is 6.14. The van der Waals surface area contributed by atoms with Crippen molar-refractivity contribution in [3.05, 3.63) is 23.0 Å². The van der Waals surface area contributed by atoms with E-state index in [4.69, 9.17) is 0 Å². The number of hydrogen-bond acceptors (Lipinski definition) is 4. The first kappa shape index (κ1) is 16.9. The van der Waals surface area contributed by atoms with Crippen LogP contribution in [0, 0.1) is 24.7 Å². The molecule has 0 aliphatic heterocycles. The van der Waals surface area contributed by atoms with Crippen molar-refractivity contribution < 1.29 is 10.2 Å². The zero-order valence-electron chi connectivity index (χ0n) is 13.3. The van der Waals surface area contributed by atoms with Crippen molar-refractivity contribution in [3.8, 4) is 5.75 Å². The maximum atomic E-state index is 10.1. The lowest BCUT2D eigenvalue weighted by Gasteiger charge is -2.25. The lowest BCUT2D eigenvalue weighted by atomic mass is 9.85. The summed E-state index contributed by atoms with van der Waals surface area (Å²) < 4.78 is 0. The van der Waals surface area contributed by atoms with Gasteiger partial charge in [-0.1, -0.05) is 27.7 Å². The number of rotatable bonds is 7. The number of pyridine rings is 1. The van der Waals surface area contributed by atoms with Gasteiger partial charge < -0.3 is 15.5 Å². The molecule has 20 heavy (non-hydrogen) atoms. The molecule has 0 saturated carbocycles. The largest absolute Gasteiger partial charge is 0.506 e. The average molecular weight is 280 g/mol. The summed E-state index contributed by atoms with van der Waals surface area (Å²) >= 11 is 0. The van der Waals surface area contributed by atoms with Crippen LogP contribution in [0.1, 0.15) is 44.5 Å². The summed E-state index contributed by atoms with van der Waals surface area (Å²) in [5, 5.41) is 22.8. The molecule has 0 radical (unpaired) electrons. The van der Waals surface area contributed by atoms with Crippen LogP contribution in [0.25, 0.3) is 0 Å². The molecule has 1 aromatic heterocycles. The normalized spacial score (nSPS) is 11.8. The van der Waals surface area contributed by atoms with E-state index in [1.54, 1.807) is 13.1 Å². The molecule has 4 nitrogen and oxygen atoms in total. The van der Waals surface area contributed by atoms with Crippen LogP contribution in [-0.4, -0.2) is 21.7 Å². The first-order valence-electron chi connectivity index (χ1n) is 7.36. The molecule has 0 bridgehead atoms. The fourth-order valence-electron chi connectivity index (χ4n) is 2.62. The maximum absolute atomic E-state index is 10.1. The fraction of sp³-hybridized carbons (Fsp3) is 0.688. The Morgan fingerprint density at radius 2 is 1.80 bits per heavy atom. The summed E-state index contributed by atoms with van der Waals surface area (Å²) in [5.41, 5.74) is 2.04. The van der Waals surface area contributed by atoms with Gasteiger partial charge in [0.25, 0.3) is 0 Å². The standard InChI is InChI=1S/C16H28N2O2/c1-10(2)14(11(3)4)7-17-8-15-13(9-19)6-18-12(5)16(15)20/h6,10-11,14,17,19-20H,7-9H2,1-5H3. The van der Waals surface area contributed by atoms with Crippen molar-refractivity contribution in [3.63, 3.8) is 0 Å². The highest BCUT2D eigenvalue weighted by Crippen LogP contribution is 2.24. The zero-order valence-corrected chi connectivity index (χ0v) is 13.3. The molecule has 114 valence electrons. The summed E-state index contributed by atoms with van der Waals surface area (Å²) in [6.45, 7) is 12.1. The minimum Gasteiger partial charge on any atom is -0.506 e. The number of aliphatic hydroxyl groups is 1. The Labute approximate surface area is 122 Å². The van der Waals surface area contributed by atoms with Crippen molar-refractivity contribution in [2.24, 2.45) is 17.8 Å². The van der Waals surface area contributed by atoms with E-state index < -0.39 is 0 Å². The minimum atomic E-state index is -0.102. The van der Waals surface area contributed by atoms with Crippen LogP contribution in [-0.2, 0) is 13.2 Å². The van der Waals surface area contributed by atoms with Crippen molar-refractivity contribution in [2.75, 3.05) is 6.54 Å². The van der Waals surface area contributed by atoms with Gasteiger partial charge in [-0.05, 0) is 31.2 Å². The van der Waals surface area contributed by atoms with Gasteiger partial charge in [-0.15, -0.1) is 0 Å². The molecule has 0 saturated heterocycles. The molecule has 1 rings (SSSR count). The predicted octanol–water partition coefficient (Wildman–Crippen LogP) is 2.61. The summed E-state index contributed by atoms with van der Waals surface area (Å²) in [5.74, 6) is 2.02. The number of nitrogens with zero attached hydrogens (tertiary/aromatic N) is 1. The number of aryl methyl sites for hydroxylation is 1. The third-order valence-electron chi connectivity index (χ3n) is 3.99. The van der Waals surface area contributed by atoms with Gasteiger partial charge in [0.2, 0.25) is 0 Å². The van der Waals surface area contributed by atoms with Crippen LogP contribution in [0.5, 0.6) is 5.75 Å². The third-order valence-corrected chi connectivity index (χ3v) is 3.99. The Kier molecular flexibility index (Phi) is 6.43. The summed E-state index contributed by atoms with van der Waals surface area (Å²) in [7, 11) is 0. The van der Waals surface area contributed by atoms with Crippen LogP contribution < -0.4 is 5.32 Å². The van der Waals surface area contributed by atoms with E-state index in [0.29, 0.717) is 35.6 Å². The topological polar surface area (TPSA) is 65.4 Å². The van der Waals surface area contributed by atoms with E-state index in [1.165, 1.54) is 0 Å². The van der Waals surface area contributed by atoms with Crippen LogP contribution in [0.4, 0.5) is 0 Å². The van der Waals surface area contributed by atoms with Gasteiger partial charge in [0.1, 0.15) is 5.75 Å². The lowest BCUT2D eigenvalue weighted by molar-refractivity contribution is 0.270. The number of aromatic hydroxyl groups is 1. The van der Waals surface area contributed by atoms with Gasteiger partial charge in [0.15, 0.2) is 0 Å². The van der Waals surface area contributed by atoms with Crippen molar-refractivity contribution in [2.45, 2.75) is 47.8 Å². The molecule has 0 atom stereocenters. The number of nitrogens with one attached hydrogen (secondary N) is 1. The quantitative estimate of drug-likeness (QED) is 0.718. The Hall–Kier alpha value is -1.13. The second kappa shape index (κ2) is 7.60. The van der Waals surface area contributed by atoms with E-state index in [1.807, 2.05) is 0 Å². The molecular formula is C16H28N2O2. The Bertz CT molecular complexity index is 423. The first-order valence-corrected chi connectivity index (χ1v) is 7.36. The monoisotopic (exact) mass is 280 g/mol. The summed E-state index contributed by atoms with van der Waals surface area (Å²) in [6, 6.07) is 0. The predicted molar refractivity (Wildman–Crippen MR) is 81.4 cm³/mol. The highest BCUT2D eigenvalue weighted by molar-refractivity contribution is 5.40. The van der Waals surface area contributed by atoms with Gasteiger partial charge in [0, 0.05) is 23.9 Å².